The Hall–Kier alpha value is -2.73. The molecule has 6 nitrogen and oxygen atoms in total. The summed E-state index contributed by atoms with van der Waals surface area (Å²) in [6.45, 7) is -2.90. The van der Waals surface area contributed by atoms with Crippen LogP contribution in [0.25, 0.3) is 10.9 Å². The van der Waals surface area contributed by atoms with Gasteiger partial charge in [-0.2, -0.15) is 27.1 Å². The molecule has 2 aromatic carbocycles. The maximum absolute atomic E-state index is 13.0. The molecular weight excluding hydrogens is 433 g/mol. The summed E-state index contributed by atoms with van der Waals surface area (Å²) in [4.78, 5) is 0. The SMILES string of the molecule is CNS(=O)(=O)CCc1cc(Oc2ccc(C(F)(F)F)cc2)cc2cn(C(F)F)nc12. The average Bonchev–Trinajstić information content (AvgIpc) is 3.10. The maximum Gasteiger partial charge on any atom is 0.416 e. The molecule has 0 atom stereocenters. The zero-order valence-electron chi connectivity index (χ0n) is 15.5. The average molecular weight is 449 g/mol. The first-order valence-electron chi connectivity index (χ1n) is 8.55. The summed E-state index contributed by atoms with van der Waals surface area (Å²) in [7, 11) is -2.32. The number of sulfonamides is 1. The molecule has 1 N–H and O–H groups in total. The second kappa shape index (κ2) is 8.19. The molecule has 0 amide bonds. The number of benzene rings is 2. The summed E-state index contributed by atoms with van der Waals surface area (Å²) in [5, 5.41) is 4.07. The molecule has 0 unspecified atom stereocenters. The number of nitrogens with zero attached hydrogens (tertiary/aromatic N) is 2. The summed E-state index contributed by atoms with van der Waals surface area (Å²) < 4.78 is 95.7. The van der Waals surface area contributed by atoms with E-state index >= 15 is 0 Å². The minimum Gasteiger partial charge on any atom is -0.457 e. The van der Waals surface area contributed by atoms with E-state index in [1.165, 1.54) is 19.2 Å². The van der Waals surface area contributed by atoms with Gasteiger partial charge in [-0.3, -0.25) is 0 Å². The second-order valence-electron chi connectivity index (χ2n) is 6.30. The molecule has 0 aliphatic rings. The van der Waals surface area contributed by atoms with Crippen molar-refractivity contribution in [1.82, 2.24) is 14.5 Å². The van der Waals surface area contributed by atoms with Gasteiger partial charge in [0.15, 0.2) is 0 Å². The predicted molar refractivity (Wildman–Crippen MR) is 99.1 cm³/mol. The van der Waals surface area contributed by atoms with E-state index in [1.807, 2.05) is 0 Å². The predicted octanol–water partition coefficient (Wildman–Crippen LogP) is 4.33. The van der Waals surface area contributed by atoms with Crippen molar-refractivity contribution < 1.29 is 35.1 Å². The number of ether oxygens (including phenoxy) is 1. The van der Waals surface area contributed by atoms with Crippen LogP contribution in [0.1, 0.15) is 17.7 Å². The third-order valence-corrected chi connectivity index (χ3v) is 5.61. The van der Waals surface area contributed by atoms with Crippen molar-refractivity contribution in [2.75, 3.05) is 12.8 Å². The summed E-state index contributed by atoms with van der Waals surface area (Å²) >= 11 is 0. The molecule has 30 heavy (non-hydrogen) atoms. The van der Waals surface area contributed by atoms with Crippen LogP contribution in [-0.2, 0) is 22.6 Å². The van der Waals surface area contributed by atoms with E-state index in [0.717, 1.165) is 30.5 Å². The van der Waals surface area contributed by atoms with Crippen LogP contribution >= 0.6 is 0 Å². The van der Waals surface area contributed by atoms with Gasteiger partial charge in [0.1, 0.15) is 11.5 Å². The summed E-state index contributed by atoms with van der Waals surface area (Å²) in [5.41, 5.74) is -0.324. The number of nitrogens with one attached hydrogen (secondary N) is 1. The molecule has 0 saturated carbocycles. The largest absolute Gasteiger partial charge is 0.457 e. The topological polar surface area (TPSA) is 73.2 Å². The van der Waals surface area contributed by atoms with Crippen LogP contribution in [0, 0.1) is 0 Å². The molecule has 162 valence electrons. The number of rotatable bonds is 7. The van der Waals surface area contributed by atoms with E-state index in [2.05, 4.69) is 9.82 Å². The molecule has 1 aromatic heterocycles. The molecule has 12 heteroatoms. The van der Waals surface area contributed by atoms with E-state index in [4.69, 9.17) is 4.74 Å². The highest BCUT2D eigenvalue weighted by Gasteiger charge is 2.30. The molecule has 1 heterocycles. The van der Waals surface area contributed by atoms with E-state index in [0.29, 0.717) is 10.2 Å². The van der Waals surface area contributed by atoms with Gasteiger partial charge in [0.25, 0.3) is 0 Å². The van der Waals surface area contributed by atoms with Gasteiger partial charge >= 0.3 is 12.7 Å². The van der Waals surface area contributed by atoms with Gasteiger partial charge in [-0.1, -0.05) is 0 Å². The van der Waals surface area contributed by atoms with E-state index in [1.54, 1.807) is 0 Å². The van der Waals surface area contributed by atoms with Crippen molar-refractivity contribution in [3.05, 3.63) is 53.7 Å². The monoisotopic (exact) mass is 449 g/mol. The molecule has 3 aromatic rings. The summed E-state index contributed by atoms with van der Waals surface area (Å²) in [6, 6.07) is 6.77. The zero-order chi connectivity index (χ0) is 22.1. The van der Waals surface area contributed by atoms with Gasteiger partial charge in [-0.05, 0) is 55.4 Å². The highest BCUT2D eigenvalue weighted by atomic mass is 32.2. The van der Waals surface area contributed by atoms with Crippen molar-refractivity contribution >= 4 is 20.9 Å². The fourth-order valence-electron chi connectivity index (χ4n) is 2.74. The Morgan fingerprint density at radius 1 is 1.13 bits per heavy atom. The Kier molecular flexibility index (Phi) is 5.99. The number of hydrogen-bond acceptors (Lipinski definition) is 4. The standard InChI is InChI=1S/C18H16F5N3O3S/c1-24-30(27,28)7-6-11-8-15(9-12-10-26(17(19)20)25-16(11)12)29-14-4-2-13(3-5-14)18(21,22)23/h2-5,8-10,17,24H,6-7H2,1H3. The van der Waals surface area contributed by atoms with Gasteiger partial charge in [0.05, 0.1) is 16.8 Å². The number of aromatic nitrogens is 2. The molecule has 0 saturated heterocycles. The van der Waals surface area contributed by atoms with Crippen LogP contribution in [0.5, 0.6) is 11.5 Å². The van der Waals surface area contributed by atoms with Gasteiger partial charge < -0.3 is 4.74 Å². The Morgan fingerprint density at radius 2 is 1.80 bits per heavy atom. The molecule has 0 radical (unpaired) electrons. The van der Waals surface area contributed by atoms with Crippen molar-refractivity contribution in [2.24, 2.45) is 0 Å². The van der Waals surface area contributed by atoms with Gasteiger partial charge in [0.2, 0.25) is 10.0 Å². The van der Waals surface area contributed by atoms with Crippen molar-refractivity contribution in [3.63, 3.8) is 0 Å². The third kappa shape index (κ3) is 5.05. The molecule has 0 fully saturated rings. The normalized spacial score (nSPS) is 12.6. The number of halogens is 5. The van der Waals surface area contributed by atoms with Crippen molar-refractivity contribution in [1.29, 1.82) is 0 Å². The minimum atomic E-state index is -4.49. The van der Waals surface area contributed by atoms with Crippen LogP contribution in [0.15, 0.2) is 42.6 Å². The van der Waals surface area contributed by atoms with Crippen LogP contribution in [0.2, 0.25) is 0 Å². The van der Waals surface area contributed by atoms with E-state index < -0.39 is 28.3 Å². The van der Waals surface area contributed by atoms with Gasteiger partial charge in [-0.25, -0.2) is 17.8 Å². The molecule has 0 aliphatic heterocycles. The molecular formula is C18H16F5N3O3S. The van der Waals surface area contributed by atoms with Crippen LogP contribution < -0.4 is 9.46 Å². The molecule has 0 bridgehead atoms. The number of aryl methyl sites for hydroxylation is 1. The maximum atomic E-state index is 13.0. The molecule has 0 spiro atoms. The lowest BCUT2D eigenvalue weighted by molar-refractivity contribution is -0.137. The second-order valence-corrected chi connectivity index (χ2v) is 8.35. The quantitative estimate of drug-likeness (QED) is 0.545. The molecule has 3 rings (SSSR count). The zero-order valence-corrected chi connectivity index (χ0v) is 16.3. The van der Waals surface area contributed by atoms with E-state index in [9.17, 15) is 30.4 Å². The van der Waals surface area contributed by atoms with E-state index in [-0.39, 0.29) is 34.6 Å². The van der Waals surface area contributed by atoms with Crippen molar-refractivity contribution in [3.8, 4) is 11.5 Å². The lowest BCUT2D eigenvalue weighted by Gasteiger charge is -2.11. The lowest BCUT2D eigenvalue weighted by atomic mass is 10.1. The smallest absolute Gasteiger partial charge is 0.416 e. The molecule has 0 aliphatic carbocycles. The van der Waals surface area contributed by atoms with Gasteiger partial charge in [-0.15, -0.1) is 0 Å². The van der Waals surface area contributed by atoms with Crippen LogP contribution in [0.4, 0.5) is 22.0 Å². The summed E-state index contributed by atoms with van der Waals surface area (Å²) in [5.74, 6) is -0.0746. The minimum absolute atomic E-state index is 0.0376. The Bertz CT molecular complexity index is 1140. The van der Waals surface area contributed by atoms with Crippen LogP contribution in [-0.4, -0.2) is 31.0 Å². The van der Waals surface area contributed by atoms with Crippen LogP contribution in [0.3, 0.4) is 0 Å². The Labute approximate surface area is 168 Å². The third-order valence-electron chi connectivity index (χ3n) is 4.25. The number of fused-ring (bicyclic) bond motifs is 1. The number of alkyl halides is 5. The van der Waals surface area contributed by atoms with Crippen molar-refractivity contribution in [2.45, 2.75) is 19.1 Å². The Morgan fingerprint density at radius 3 is 2.37 bits per heavy atom. The highest BCUT2D eigenvalue weighted by Crippen LogP contribution is 2.33. The van der Waals surface area contributed by atoms with Gasteiger partial charge in [0, 0.05) is 11.6 Å². The number of hydrogen-bond donors (Lipinski definition) is 1. The highest BCUT2D eigenvalue weighted by molar-refractivity contribution is 7.89. The summed E-state index contributed by atoms with van der Waals surface area (Å²) in [6.07, 6.45) is -3.45. The fourth-order valence-corrected chi connectivity index (χ4v) is 3.43. The first-order valence-corrected chi connectivity index (χ1v) is 10.2. The lowest BCUT2D eigenvalue weighted by Crippen LogP contribution is -2.23. The first-order chi connectivity index (χ1) is 14.0. The first kappa shape index (κ1) is 22.0. The fraction of sp³-hybridized carbons (Fsp3) is 0.278. The Balaban J connectivity index is 1.96.